The Hall–Kier alpha value is -2.29. The first-order valence-corrected chi connectivity index (χ1v) is 9.52. The number of aromatic nitrogens is 3. The fraction of sp³-hybridized carbons (Fsp3) is 0.579. The fourth-order valence-electron chi connectivity index (χ4n) is 4.32. The van der Waals surface area contributed by atoms with Gasteiger partial charge in [0, 0.05) is 19.1 Å². The molecule has 1 N–H and O–H groups in total. The second-order valence-corrected chi connectivity index (χ2v) is 7.56. The maximum atomic E-state index is 13.5. The van der Waals surface area contributed by atoms with Gasteiger partial charge in [-0.05, 0) is 49.4 Å². The summed E-state index contributed by atoms with van der Waals surface area (Å²) in [6, 6.07) is 6.03. The van der Waals surface area contributed by atoms with Crippen LogP contribution in [-0.4, -0.2) is 52.1 Å². The van der Waals surface area contributed by atoms with E-state index in [-0.39, 0.29) is 24.3 Å². The number of nitrogens with zero attached hydrogens (tertiary/aromatic N) is 4. The lowest BCUT2D eigenvalue weighted by atomic mass is 9.86. The Morgan fingerprint density at radius 2 is 2.18 bits per heavy atom. The van der Waals surface area contributed by atoms with Gasteiger partial charge in [-0.3, -0.25) is 4.90 Å². The van der Waals surface area contributed by atoms with Crippen molar-refractivity contribution < 1.29 is 17.9 Å². The quantitative estimate of drug-likeness (QED) is 0.859. The van der Waals surface area contributed by atoms with Gasteiger partial charge in [-0.1, -0.05) is 12.1 Å². The normalized spacial score (nSPS) is 25.8. The molecule has 1 aromatic heterocycles. The number of likely N-dealkylation sites (tertiary alicyclic amines) is 1. The summed E-state index contributed by atoms with van der Waals surface area (Å²) in [6.45, 7) is 2.46. The van der Waals surface area contributed by atoms with E-state index in [1.54, 1.807) is 7.11 Å². The first kappa shape index (κ1) is 19.0. The molecule has 1 aromatic carbocycles. The summed E-state index contributed by atoms with van der Waals surface area (Å²) in [4.78, 5) is 6.30. The molecule has 0 spiro atoms. The molecule has 9 heteroatoms. The van der Waals surface area contributed by atoms with E-state index in [0.29, 0.717) is 0 Å². The van der Waals surface area contributed by atoms with Crippen LogP contribution >= 0.6 is 0 Å². The molecular formula is C19H24F3N5O. The number of methoxy groups -OCH3 is 1. The first-order chi connectivity index (χ1) is 13.4. The highest BCUT2D eigenvalue weighted by molar-refractivity contribution is 5.30. The Bertz CT molecular complexity index is 809. The number of piperidine rings is 1. The third-order valence-corrected chi connectivity index (χ3v) is 5.69. The zero-order valence-corrected chi connectivity index (χ0v) is 15.7. The van der Waals surface area contributed by atoms with Gasteiger partial charge in [0.15, 0.2) is 6.04 Å². The summed E-state index contributed by atoms with van der Waals surface area (Å²) in [5, 5.41) is 6.97. The molecule has 2 aromatic rings. The predicted molar refractivity (Wildman–Crippen MR) is 98.1 cm³/mol. The minimum Gasteiger partial charge on any atom is -0.497 e. The molecule has 0 amide bonds. The number of benzene rings is 1. The highest BCUT2D eigenvalue weighted by Crippen LogP contribution is 2.40. The molecule has 0 aliphatic carbocycles. The van der Waals surface area contributed by atoms with Crippen molar-refractivity contribution in [2.45, 2.75) is 44.1 Å². The van der Waals surface area contributed by atoms with E-state index in [1.807, 2.05) is 24.3 Å². The number of alkyl halides is 3. The summed E-state index contributed by atoms with van der Waals surface area (Å²) in [5.41, 5.74) is 1.14. The second kappa shape index (κ2) is 7.62. The Morgan fingerprint density at radius 3 is 2.96 bits per heavy atom. The largest absolute Gasteiger partial charge is 0.497 e. The van der Waals surface area contributed by atoms with Gasteiger partial charge in [-0.25, -0.2) is 4.68 Å². The first-order valence-electron chi connectivity index (χ1n) is 9.52. The van der Waals surface area contributed by atoms with Gasteiger partial charge >= 0.3 is 6.18 Å². The number of hydrogen-bond donors (Lipinski definition) is 1. The van der Waals surface area contributed by atoms with E-state index in [0.717, 1.165) is 48.5 Å². The minimum atomic E-state index is -4.34. The van der Waals surface area contributed by atoms with Crippen LogP contribution < -0.4 is 10.1 Å². The number of anilines is 1. The summed E-state index contributed by atoms with van der Waals surface area (Å²) in [6.07, 6.45) is -1.30. The van der Waals surface area contributed by atoms with E-state index in [2.05, 4.69) is 20.3 Å². The molecule has 3 atom stereocenters. The highest BCUT2D eigenvalue weighted by atomic mass is 19.4. The van der Waals surface area contributed by atoms with E-state index >= 15 is 0 Å². The van der Waals surface area contributed by atoms with Crippen LogP contribution in [0.3, 0.4) is 0 Å². The Balaban J connectivity index is 1.46. The SMILES string of the molecule is COc1cccc(CN2CCCC([C@@H]3C[C@H](C(F)(F)F)n4ncnc4N3)C2)c1. The molecule has 0 radical (unpaired) electrons. The van der Waals surface area contributed by atoms with Crippen LogP contribution in [0.4, 0.5) is 19.1 Å². The average Bonchev–Trinajstić information content (AvgIpc) is 3.15. The molecule has 1 saturated heterocycles. The zero-order chi connectivity index (χ0) is 19.7. The van der Waals surface area contributed by atoms with Crippen LogP contribution in [0.25, 0.3) is 0 Å². The topological polar surface area (TPSA) is 55.2 Å². The van der Waals surface area contributed by atoms with Gasteiger partial charge < -0.3 is 10.1 Å². The second-order valence-electron chi connectivity index (χ2n) is 7.56. The molecular weight excluding hydrogens is 371 g/mol. The van der Waals surface area contributed by atoms with E-state index in [9.17, 15) is 13.2 Å². The van der Waals surface area contributed by atoms with Crippen molar-refractivity contribution in [2.75, 3.05) is 25.5 Å². The summed E-state index contributed by atoms with van der Waals surface area (Å²) in [5.74, 6) is 1.16. The lowest BCUT2D eigenvalue weighted by molar-refractivity contribution is -0.174. The van der Waals surface area contributed by atoms with Crippen LogP contribution in [0.2, 0.25) is 0 Å². The maximum absolute atomic E-state index is 13.5. The molecule has 0 bridgehead atoms. The van der Waals surface area contributed by atoms with Gasteiger partial charge in [-0.2, -0.15) is 23.3 Å². The summed E-state index contributed by atoms with van der Waals surface area (Å²) in [7, 11) is 1.64. The molecule has 2 aliphatic rings. The average molecular weight is 395 g/mol. The van der Waals surface area contributed by atoms with E-state index < -0.39 is 12.2 Å². The monoisotopic (exact) mass is 395 g/mol. The van der Waals surface area contributed by atoms with Gasteiger partial charge in [0.2, 0.25) is 5.95 Å². The lowest BCUT2D eigenvalue weighted by Crippen LogP contribution is -2.47. The Labute approximate surface area is 161 Å². The number of halogens is 3. The zero-order valence-electron chi connectivity index (χ0n) is 15.7. The number of ether oxygens (including phenoxy) is 1. The number of hydrogen-bond acceptors (Lipinski definition) is 5. The lowest BCUT2D eigenvalue weighted by Gasteiger charge is -2.41. The van der Waals surface area contributed by atoms with Crippen molar-refractivity contribution in [1.82, 2.24) is 19.7 Å². The molecule has 2 aliphatic heterocycles. The van der Waals surface area contributed by atoms with Crippen molar-refractivity contribution in [3.05, 3.63) is 36.2 Å². The molecule has 28 heavy (non-hydrogen) atoms. The molecule has 4 rings (SSSR count). The molecule has 1 fully saturated rings. The van der Waals surface area contributed by atoms with Crippen LogP contribution in [0.1, 0.15) is 30.9 Å². The van der Waals surface area contributed by atoms with Crippen LogP contribution in [0.5, 0.6) is 5.75 Å². The van der Waals surface area contributed by atoms with Crippen molar-refractivity contribution in [1.29, 1.82) is 0 Å². The third kappa shape index (κ3) is 3.94. The smallest absolute Gasteiger partial charge is 0.411 e. The van der Waals surface area contributed by atoms with Crippen LogP contribution in [-0.2, 0) is 6.54 Å². The number of fused-ring (bicyclic) bond motifs is 1. The van der Waals surface area contributed by atoms with Crippen molar-refractivity contribution >= 4 is 5.95 Å². The Kier molecular flexibility index (Phi) is 5.18. The molecule has 1 unspecified atom stereocenters. The predicted octanol–water partition coefficient (Wildman–Crippen LogP) is 3.49. The molecule has 6 nitrogen and oxygen atoms in total. The third-order valence-electron chi connectivity index (χ3n) is 5.69. The molecule has 0 saturated carbocycles. The number of nitrogens with one attached hydrogen (secondary N) is 1. The van der Waals surface area contributed by atoms with Gasteiger partial charge in [-0.15, -0.1) is 0 Å². The van der Waals surface area contributed by atoms with Gasteiger partial charge in [0.05, 0.1) is 7.11 Å². The van der Waals surface area contributed by atoms with Gasteiger partial charge in [0.1, 0.15) is 12.1 Å². The molecule has 152 valence electrons. The van der Waals surface area contributed by atoms with Gasteiger partial charge in [0.25, 0.3) is 0 Å². The number of rotatable bonds is 4. The minimum absolute atomic E-state index is 0.0163. The maximum Gasteiger partial charge on any atom is 0.411 e. The van der Waals surface area contributed by atoms with Crippen LogP contribution in [0, 0.1) is 5.92 Å². The van der Waals surface area contributed by atoms with Crippen LogP contribution in [0.15, 0.2) is 30.6 Å². The highest BCUT2D eigenvalue weighted by Gasteiger charge is 2.48. The molecule has 3 heterocycles. The summed E-state index contributed by atoms with van der Waals surface area (Å²) >= 11 is 0. The van der Waals surface area contributed by atoms with Crippen molar-refractivity contribution in [2.24, 2.45) is 5.92 Å². The van der Waals surface area contributed by atoms with Crippen molar-refractivity contribution in [3.63, 3.8) is 0 Å². The van der Waals surface area contributed by atoms with Crippen molar-refractivity contribution in [3.8, 4) is 5.75 Å². The van der Waals surface area contributed by atoms with E-state index in [4.69, 9.17) is 4.74 Å². The van der Waals surface area contributed by atoms with E-state index in [1.165, 1.54) is 6.33 Å². The fourth-order valence-corrected chi connectivity index (χ4v) is 4.32. The standard InChI is InChI=1S/C19H24F3N5O/c1-28-15-6-2-4-13(8-15)10-26-7-3-5-14(11-26)16-9-17(19(20,21)22)27-18(25-16)23-12-24-27/h2,4,6,8,12,14,16-17H,3,5,7,9-11H2,1H3,(H,23,24,25)/t14?,16-,17+/m0/s1. The summed E-state index contributed by atoms with van der Waals surface area (Å²) < 4.78 is 46.9. The Morgan fingerprint density at radius 1 is 1.32 bits per heavy atom.